The Morgan fingerprint density at radius 2 is 1.87 bits per heavy atom. The Bertz CT molecular complexity index is 945. The van der Waals surface area contributed by atoms with E-state index in [1.54, 1.807) is 11.8 Å². The summed E-state index contributed by atoms with van der Waals surface area (Å²) >= 11 is 1.75. The normalized spacial score (nSPS) is 18.0. The van der Waals surface area contributed by atoms with Gasteiger partial charge in [0.25, 0.3) is 5.91 Å². The number of likely N-dealkylation sites (tertiary alicyclic amines) is 1. The molecule has 0 bridgehead atoms. The van der Waals surface area contributed by atoms with Gasteiger partial charge >= 0.3 is 0 Å². The molecule has 0 aliphatic carbocycles. The Morgan fingerprint density at radius 3 is 2.63 bits per heavy atom. The number of nitrogens with one attached hydrogen (secondary N) is 2. The number of carbonyl (C=O) groups is 1. The van der Waals surface area contributed by atoms with E-state index < -0.39 is 0 Å². The monoisotopic (exact) mass is 421 g/mol. The highest BCUT2D eigenvalue weighted by Gasteiger charge is 2.19. The van der Waals surface area contributed by atoms with E-state index in [0.29, 0.717) is 12.1 Å². The van der Waals surface area contributed by atoms with Crippen LogP contribution in [0.1, 0.15) is 54.1 Å². The number of fused-ring (bicyclic) bond motifs is 2. The summed E-state index contributed by atoms with van der Waals surface area (Å²) in [7, 11) is 0. The second kappa shape index (κ2) is 9.71. The number of amides is 1. The largest absolute Gasteiger partial charge is 0.354 e. The first-order chi connectivity index (χ1) is 14.6. The van der Waals surface area contributed by atoms with Gasteiger partial charge in [0, 0.05) is 39.7 Å². The first-order valence-electron chi connectivity index (χ1n) is 11.0. The van der Waals surface area contributed by atoms with Gasteiger partial charge < -0.3 is 15.5 Å². The molecule has 0 radical (unpaired) electrons. The van der Waals surface area contributed by atoms with Crippen molar-refractivity contribution in [1.82, 2.24) is 10.2 Å². The summed E-state index contributed by atoms with van der Waals surface area (Å²) in [6, 6.07) is 12.5. The number of carbonyl (C=O) groups excluding carboxylic acids is 1. The smallest absolute Gasteiger partial charge is 0.251 e. The number of aryl methyl sites for hydroxylation is 1. The second-order valence-electron chi connectivity index (χ2n) is 8.15. The molecule has 0 unspecified atom stereocenters. The summed E-state index contributed by atoms with van der Waals surface area (Å²) in [5.74, 6) is -0.000874. The summed E-state index contributed by atoms with van der Waals surface area (Å²) in [5.41, 5.74) is 5.23. The van der Waals surface area contributed by atoms with Gasteiger partial charge in [0.15, 0.2) is 0 Å². The van der Waals surface area contributed by atoms with Gasteiger partial charge in [0.1, 0.15) is 0 Å². The zero-order chi connectivity index (χ0) is 20.9. The summed E-state index contributed by atoms with van der Waals surface area (Å²) < 4.78 is 0. The Kier molecular flexibility index (Phi) is 6.80. The lowest BCUT2D eigenvalue weighted by Crippen LogP contribution is -2.35. The van der Waals surface area contributed by atoms with Gasteiger partial charge in [-0.1, -0.05) is 42.3 Å². The van der Waals surface area contributed by atoms with E-state index in [-0.39, 0.29) is 5.91 Å². The Labute approximate surface area is 184 Å². The number of nitrogens with zero attached hydrogens (tertiary/aromatic N) is 1. The molecule has 2 N–H and O–H groups in total. The topological polar surface area (TPSA) is 44.4 Å². The van der Waals surface area contributed by atoms with Crippen molar-refractivity contribution in [2.24, 2.45) is 0 Å². The first kappa shape index (κ1) is 21.0. The van der Waals surface area contributed by atoms with Crippen molar-refractivity contribution < 1.29 is 4.79 Å². The average Bonchev–Trinajstić information content (AvgIpc) is 3.10. The van der Waals surface area contributed by atoms with Crippen LogP contribution in [0.2, 0.25) is 0 Å². The minimum atomic E-state index is -0.000874. The van der Waals surface area contributed by atoms with Crippen molar-refractivity contribution in [1.29, 1.82) is 0 Å². The van der Waals surface area contributed by atoms with Gasteiger partial charge in [-0.15, -0.1) is 0 Å². The maximum Gasteiger partial charge on any atom is 0.251 e. The maximum atomic E-state index is 12.8. The Morgan fingerprint density at radius 1 is 1.10 bits per heavy atom. The molecule has 2 aliphatic heterocycles. The molecule has 1 saturated heterocycles. The number of hydrogen-bond donors (Lipinski definition) is 2. The molecule has 30 heavy (non-hydrogen) atoms. The van der Waals surface area contributed by atoms with E-state index in [9.17, 15) is 4.79 Å². The van der Waals surface area contributed by atoms with Crippen molar-refractivity contribution in [2.75, 3.05) is 31.5 Å². The zero-order valence-electron chi connectivity index (χ0n) is 18.0. The molecular weight excluding hydrogens is 390 g/mol. The van der Waals surface area contributed by atoms with Crippen LogP contribution in [0, 0.1) is 6.92 Å². The van der Waals surface area contributed by atoms with E-state index in [4.69, 9.17) is 0 Å². The molecule has 2 aromatic carbocycles. The second-order valence-corrected chi connectivity index (χ2v) is 9.24. The molecule has 1 fully saturated rings. The Balaban J connectivity index is 1.45. The molecular formula is C25H31N3OS. The zero-order valence-corrected chi connectivity index (χ0v) is 18.8. The molecule has 0 atom stereocenters. The van der Waals surface area contributed by atoms with Crippen LogP contribution in [0.25, 0.3) is 5.70 Å². The van der Waals surface area contributed by atoms with Crippen LogP contribution in [0.5, 0.6) is 0 Å². The third kappa shape index (κ3) is 4.90. The number of anilines is 1. The summed E-state index contributed by atoms with van der Waals surface area (Å²) in [6.45, 7) is 8.10. The predicted octanol–water partition coefficient (Wildman–Crippen LogP) is 5.54. The van der Waals surface area contributed by atoms with Gasteiger partial charge in [-0.25, -0.2) is 0 Å². The van der Waals surface area contributed by atoms with Crippen molar-refractivity contribution in [3.05, 3.63) is 59.2 Å². The molecule has 0 spiro atoms. The van der Waals surface area contributed by atoms with Gasteiger partial charge in [-0.3, -0.25) is 4.79 Å². The number of hydrogen-bond acceptors (Lipinski definition) is 4. The van der Waals surface area contributed by atoms with Crippen molar-refractivity contribution in [2.45, 2.75) is 49.3 Å². The minimum Gasteiger partial charge on any atom is -0.354 e. The summed E-state index contributed by atoms with van der Waals surface area (Å²) in [5, 5.41) is 6.66. The molecule has 0 saturated carbocycles. The summed E-state index contributed by atoms with van der Waals surface area (Å²) in [4.78, 5) is 17.6. The highest BCUT2D eigenvalue weighted by Crippen LogP contribution is 2.42. The fourth-order valence-electron chi connectivity index (χ4n) is 4.15. The number of benzene rings is 2. The van der Waals surface area contributed by atoms with Gasteiger partial charge in [0.2, 0.25) is 0 Å². The van der Waals surface area contributed by atoms with Crippen LogP contribution < -0.4 is 10.6 Å². The molecule has 0 aromatic heterocycles. The maximum absolute atomic E-state index is 12.8. The quantitative estimate of drug-likeness (QED) is 0.680. The van der Waals surface area contributed by atoms with Crippen molar-refractivity contribution in [3.63, 3.8) is 0 Å². The van der Waals surface area contributed by atoms with E-state index >= 15 is 0 Å². The van der Waals surface area contributed by atoms with Crippen LogP contribution in [0.15, 0.2) is 52.3 Å². The van der Waals surface area contributed by atoms with Crippen LogP contribution in [0.4, 0.5) is 5.69 Å². The average molecular weight is 422 g/mol. The van der Waals surface area contributed by atoms with Gasteiger partial charge in [-0.05, 0) is 70.1 Å². The standard InChI is InChI=1S/C25H31N3OS/c1-3-21-20-16-18(2)8-10-23(20)30-24-11-9-19(17-22(24)27-21)25(29)26-12-15-28-13-6-4-5-7-14-28/h3,8-11,16-17,27H,4-7,12-15H2,1-2H3,(H,26,29). The molecule has 5 heteroatoms. The molecule has 2 heterocycles. The fraction of sp³-hybridized carbons (Fsp3) is 0.400. The van der Waals surface area contributed by atoms with Gasteiger partial charge in [-0.2, -0.15) is 0 Å². The molecule has 4 nitrogen and oxygen atoms in total. The minimum absolute atomic E-state index is 0.000874. The lowest BCUT2D eigenvalue weighted by atomic mass is 10.1. The molecule has 4 rings (SSSR count). The predicted molar refractivity (Wildman–Crippen MR) is 126 cm³/mol. The first-order valence-corrected chi connectivity index (χ1v) is 11.8. The van der Waals surface area contributed by atoms with E-state index in [1.165, 1.54) is 41.7 Å². The number of rotatable bonds is 4. The fourth-order valence-corrected chi connectivity index (χ4v) is 5.16. The third-order valence-electron chi connectivity index (χ3n) is 5.86. The highest BCUT2D eigenvalue weighted by atomic mass is 32.2. The summed E-state index contributed by atoms with van der Waals surface area (Å²) in [6.07, 6.45) is 7.32. The van der Waals surface area contributed by atoms with Crippen LogP contribution in [0.3, 0.4) is 0 Å². The van der Waals surface area contributed by atoms with Crippen LogP contribution in [-0.4, -0.2) is 37.0 Å². The van der Waals surface area contributed by atoms with Crippen molar-refractivity contribution in [3.8, 4) is 0 Å². The molecule has 2 aromatic rings. The third-order valence-corrected chi connectivity index (χ3v) is 7.01. The molecule has 2 aliphatic rings. The SMILES string of the molecule is CC=C1Nc2cc(C(=O)NCCN3CCCCCC3)ccc2Sc2ccc(C)cc21. The van der Waals surface area contributed by atoms with Gasteiger partial charge in [0.05, 0.1) is 5.69 Å². The van der Waals surface area contributed by atoms with E-state index in [2.05, 4.69) is 52.8 Å². The van der Waals surface area contributed by atoms with Crippen LogP contribution in [-0.2, 0) is 0 Å². The van der Waals surface area contributed by atoms with E-state index in [1.807, 2.05) is 19.1 Å². The lowest BCUT2D eigenvalue weighted by Gasteiger charge is -2.19. The lowest BCUT2D eigenvalue weighted by molar-refractivity contribution is 0.0948. The molecule has 158 valence electrons. The molecule has 1 amide bonds. The number of allylic oxidation sites excluding steroid dienone is 1. The Hall–Kier alpha value is -2.24. The van der Waals surface area contributed by atoms with Crippen LogP contribution >= 0.6 is 11.8 Å². The van der Waals surface area contributed by atoms with Crippen molar-refractivity contribution >= 4 is 29.1 Å². The highest BCUT2D eigenvalue weighted by molar-refractivity contribution is 7.99. The van der Waals surface area contributed by atoms with E-state index in [0.717, 1.165) is 35.9 Å².